The molecule has 0 saturated heterocycles. The number of esters is 1. The van der Waals surface area contributed by atoms with Gasteiger partial charge in [0.05, 0.1) is 25.5 Å². The number of nitrogens with zero attached hydrogens (tertiary/aromatic N) is 2. The van der Waals surface area contributed by atoms with Crippen molar-refractivity contribution in [1.29, 1.82) is 0 Å². The van der Waals surface area contributed by atoms with Gasteiger partial charge < -0.3 is 13.9 Å². The fourth-order valence-electron chi connectivity index (χ4n) is 3.09. The molecule has 29 heavy (non-hydrogen) atoms. The van der Waals surface area contributed by atoms with Gasteiger partial charge in [-0.1, -0.05) is 20.8 Å². The Balaban J connectivity index is 1.75. The van der Waals surface area contributed by atoms with E-state index in [-0.39, 0.29) is 24.5 Å². The molecule has 0 N–H and O–H groups in total. The molecule has 1 amide bonds. The monoisotopic (exact) mass is 398 g/mol. The maximum Gasteiger partial charge on any atom is 0.306 e. The van der Waals surface area contributed by atoms with E-state index in [1.54, 1.807) is 19.4 Å². The first-order valence-corrected chi connectivity index (χ1v) is 9.50. The Morgan fingerprint density at radius 2 is 1.93 bits per heavy atom. The highest BCUT2D eigenvalue weighted by molar-refractivity contribution is 6.03. The van der Waals surface area contributed by atoms with Crippen LogP contribution >= 0.6 is 0 Å². The predicted molar refractivity (Wildman–Crippen MR) is 107 cm³/mol. The van der Waals surface area contributed by atoms with E-state index in [0.29, 0.717) is 12.2 Å². The molecule has 0 unspecified atom stereocenters. The molecule has 1 aromatic carbocycles. The van der Waals surface area contributed by atoms with Crippen LogP contribution in [-0.2, 0) is 14.3 Å². The number of methoxy groups -OCH3 is 1. The molecular formula is C22H26N2O5. The molecule has 154 valence electrons. The lowest BCUT2D eigenvalue weighted by molar-refractivity contribution is -0.154. The van der Waals surface area contributed by atoms with E-state index in [2.05, 4.69) is 5.10 Å². The van der Waals surface area contributed by atoms with Gasteiger partial charge in [-0.25, -0.2) is 5.01 Å². The second kappa shape index (κ2) is 8.51. The standard InChI is InChI=1S/C22H26N2O5/c1-22(2,3)13-21(26)29-14-20(25)24-18(19-6-5-11-28-19)12-17(23-24)15-7-9-16(27-4)10-8-15/h5-11,18H,12-14H2,1-4H3/t18-/m0/s1. The molecule has 1 atom stereocenters. The van der Waals surface area contributed by atoms with Gasteiger partial charge in [0.2, 0.25) is 0 Å². The zero-order valence-corrected chi connectivity index (χ0v) is 17.2. The third kappa shape index (κ3) is 5.25. The number of hydrogen-bond acceptors (Lipinski definition) is 6. The molecule has 1 aliphatic rings. The molecule has 0 spiro atoms. The van der Waals surface area contributed by atoms with E-state index in [9.17, 15) is 9.59 Å². The molecule has 3 rings (SSSR count). The number of rotatable bonds is 6. The second-order valence-electron chi connectivity index (χ2n) is 8.15. The van der Waals surface area contributed by atoms with Crippen LogP contribution < -0.4 is 4.74 Å². The normalized spacial score (nSPS) is 16.5. The van der Waals surface area contributed by atoms with Crippen molar-refractivity contribution in [2.24, 2.45) is 10.5 Å². The lowest BCUT2D eigenvalue weighted by Gasteiger charge is -2.20. The molecule has 0 saturated carbocycles. The molecule has 2 aromatic rings. The van der Waals surface area contributed by atoms with Crippen molar-refractivity contribution >= 4 is 17.6 Å². The minimum absolute atomic E-state index is 0.204. The fraction of sp³-hybridized carbons (Fsp3) is 0.409. The van der Waals surface area contributed by atoms with E-state index >= 15 is 0 Å². The Hall–Kier alpha value is -3.09. The predicted octanol–water partition coefficient (Wildman–Crippen LogP) is 3.95. The van der Waals surface area contributed by atoms with Crippen LogP contribution in [0.5, 0.6) is 5.75 Å². The van der Waals surface area contributed by atoms with E-state index in [4.69, 9.17) is 13.9 Å². The number of benzene rings is 1. The van der Waals surface area contributed by atoms with Gasteiger partial charge in [0.15, 0.2) is 6.61 Å². The summed E-state index contributed by atoms with van der Waals surface area (Å²) in [5.41, 5.74) is 1.44. The molecule has 1 aromatic heterocycles. The molecule has 2 heterocycles. The summed E-state index contributed by atoms with van der Waals surface area (Å²) < 4.78 is 15.9. The van der Waals surface area contributed by atoms with Crippen molar-refractivity contribution in [3.05, 3.63) is 54.0 Å². The zero-order chi connectivity index (χ0) is 21.0. The Morgan fingerprint density at radius 1 is 1.21 bits per heavy atom. The minimum Gasteiger partial charge on any atom is -0.497 e. The van der Waals surface area contributed by atoms with Gasteiger partial charge in [-0.05, 0) is 47.4 Å². The van der Waals surface area contributed by atoms with E-state index in [1.807, 2.05) is 51.1 Å². The van der Waals surface area contributed by atoms with Gasteiger partial charge in [0.1, 0.15) is 17.6 Å². The summed E-state index contributed by atoms with van der Waals surface area (Å²) in [7, 11) is 1.61. The van der Waals surface area contributed by atoms with Crippen molar-refractivity contribution in [2.75, 3.05) is 13.7 Å². The molecular weight excluding hydrogens is 372 g/mol. The fourth-order valence-corrected chi connectivity index (χ4v) is 3.09. The van der Waals surface area contributed by atoms with Crippen LogP contribution in [0.25, 0.3) is 0 Å². The molecule has 0 bridgehead atoms. The largest absolute Gasteiger partial charge is 0.497 e. The number of hydrogen-bond donors (Lipinski definition) is 0. The highest BCUT2D eigenvalue weighted by atomic mass is 16.5. The number of carbonyl (C=O) groups excluding carboxylic acids is 2. The van der Waals surface area contributed by atoms with Crippen molar-refractivity contribution < 1.29 is 23.5 Å². The summed E-state index contributed by atoms with van der Waals surface area (Å²) in [6.07, 6.45) is 2.30. The van der Waals surface area contributed by atoms with E-state index in [1.165, 1.54) is 5.01 Å². The Labute approximate surface area is 170 Å². The lowest BCUT2D eigenvalue weighted by Crippen LogP contribution is -2.31. The van der Waals surface area contributed by atoms with Crippen molar-refractivity contribution in [3.63, 3.8) is 0 Å². The third-order valence-electron chi connectivity index (χ3n) is 4.49. The van der Waals surface area contributed by atoms with Gasteiger partial charge in [-0.3, -0.25) is 9.59 Å². The number of carbonyl (C=O) groups is 2. The van der Waals surface area contributed by atoms with Gasteiger partial charge in [-0.15, -0.1) is 0 Å². The maximum absolute atomic E-state index is 12.8. The van der Waals surface area contributed by atoms with Gasteiger partial charge >= 0.3 is 5.97 Å². The van der Waals surface area contributed by atoms with Crippen molar-refractivity contribution in [2.45, 2.75) is 39.7 Å². The molecule has 7 nitrogen and oxygen atoms in total. The van der Waals surface area contributed by atoms with Crippen LogP contribution in [-0.4, -0.2) is 36.3 Å². The quantitative estimate of drug-likeness (QED) is 0.689. The van der Waals surface area contributed by atoms with Crippen molar-refractivity contribution in [1.82, 2.24) is 5.01 Å². The van der Waals surface area contributed by atoms with E-state index < -0.39 is 11.9 Å². The minimum atomic E-state index is -0.404. The summed E-state index contributed by atoms with van der Waals surface area (Å²) in [5.74, 6) is 0.580. The molecule has 0 fully saturated rings. The summed E-state index contributed by atoms with van der Waals surface area (Å²) in [5, 5.41) is 5.86. The highest BCUT2D eigenvalue weighted by Gasteiger charge is 2.35. The Morgan fingerprint density at radius 3 is 2.52 bits per heavy atom. The average Bonchev–Trinajstić information content (AvgIpc) is 3.34. The smallest absolute Gasteiger partial charge is 0.306 e. The first kappa shape index (κ1) is 20.6. The van der Waals surface area contributed by atoms with Gasteiger partial charge in [0.25, 0.3) is 5.91 Å². The highest BCUT2D eigenvalue weighted by Crippen LogP contribution is 2.33. The van der Waals surface area contributed by atoms with Gasteiger partial charge in [-0.2, -0.15) is 5.10 Å². The molecule has 0 radical (unpaired) electrons. The van der Waals surface area contributed by atoms with Crippen LogP contribution in [0.1, 0.15) is 51.0 Å². The Kier molecular flexibility index (Phi) is 6.06. The molecule has 7 heteroatoms. The van der Waals surface area contributed by atoms with Crippen LogP contribution in [0.15, 0.2) is 52.2 Å². The molecule has 1 aliphatic heterocycles. The number of furan rings is 1. The van der Waals surface area contributed by atoms with Gasteiger partial charge in [0, 0.05) is 6.42 Å². The number of amides is 1. The maximum atomic E-state index is 12.8. The first-order valence-electron chi connectivity index (χ1n) is 9.50. The van der Waals surface area contributed by atoms with Crippen LogP contribution in [0.3, 0.4) is 0 Å². The van der Waals surface area contributed by atoms with Crippen LogP contribution in [0.4, 0.5) is 0 Å². The second-order valence-corrected chi connectivity index (χ2v) is 8.15. The zero-order valence-electron chi connectivity index (χ0n) is 17.2. The van der Waals surface area contributed by atoms with Crippen LogP contribution in [0.2, 0.25) is 0 Å². The third-order valence-corrected chi connectivity index (χ3v) is 4.49. The van der Waals surface area contributed by atoms with Crippen molar-refractivity contribution in [3.8, 4) is 5.75 Å². The topological polar surface area (TPSA) is 81.3 Å². The first-order chi connectivity index (χ1) is 13.8. The number of ether oxygens (including phenoxy) is 2. The van der Waals surface area contributed by atoms with E-state index in [0.717, 1.165) is 17.0 Å². The number of hydrazone groups is 1. The van der Waals surface area contributed by atoms with Crippen LogP contribution in [0, 0.1) is 5.41 Å². The summed E-state index contributed by atoms with van der Waals surface area (Å²) in [6, 6.07) is 10.7. The Bertz CT molecular complexity index is 879. The average molecular weight is 398 g/mol. The molecule has 0 aliphatic carbocycles. The SMILES string of the molecule is COc1ccc(C2=NN(C(=O)COC(=O)CC(C)(C)C)[C@H](c3ccco3)C2)cc1. The summed E-state index contributed by atoms with van der Waals surface area (Å²) in [4.78, 5) is 24.8. The summed E-state index contributed by atoms with van der Waals surface area (Å²) in [6.45, 7) is 5.46. The lowest BCUT2D eigenvalue weighted by atomic mass is 9.92. The summed E-state index contributed by atoms with van der Waals surface area (Å²) >= 11 is 0.